The predicted octanol–water partition coefficient (Wildman–Crippen LogP) is 1.64. The van der Waals surface area contributed by atoms with Crippen LogP contribution in [0.15, 0.2) is 16.7 Å². The van der Waals surface area contributed by atoms with Gasteiger partial charge in [0.05, 0.1) is 19.4 Å². The van der Waals surface area contributed by atoms with Crippen LogP contribution >= 0.6 is 0 Å². The van der Waals surface area contributed by atoms with Crippen molar-refractivity contribution in [3.05, 3.63) is 23.7 Å². The molecular formula is C14H22N2O3. The fourth-order valence-corrected chi connectivity index (χ4v) is 2.63. The van der Waals surface area contributed by atoms with E-state index in [1.54, 1.807) is 19.3 Å². The minimum atomic E-state index is -0.303. The van der Waals surface area contributed by atoms with E-state index >= 15 is 0 Å². The largest absolute Gasteiger partial charge is 0.467 e. The van der Waals surface area contributed by atoms with Gasteiger partial charge >= 0.3 is 5.97 Å². The number of furan rings is 1. The highest BCUT2D eigenvalue weighted by molar-refractivity contribution is 5.90. The maximum atomic E-state index is 11.8. The minimum Gasteiger partial charge on any atom is -0.467 e. The number of nitrogens with zero attached hydrogens (tertiary/aromatic N) is 1. The molecule has 0 spiro atoms. The molecule has 2 heterocycles. The molecule has 1 fully saturated rings. The molecule has 2 atom stereocenters. The molecule has 1 aliphatic rings. The Morgan fingerprint density at radius 3 is 2.79 bits per heavy atom. The van der Waals surface area contributed by atoms with Crippen LogP contribution < -0.4 is 5.32 Å². The van der Waals surface area contributed by atoms with Crippen molar-refractivity contribution in [2.45, 2.75) is 39.4 Å². The Kier molecular flexibility index (Phi) is 4.61. The van der Waals surface area contributed by atoms with E-state index in [1.807, 2.05) is 0 Å². The van der Waals surface area contributed by atoms with Crippen LogP contribution in [0.3, 0.4) is 0 Å². The van der Waals surface area contributed by atoms with Crippen LogP contribution in [0.25, 0.3) is 0 Å². The van der Waals surface area contributed by atoms with Crippen molar-refractivity contribution in [1.29, 1.82) is 0 Å². The first kappa shape index (κ1) is 14.1. The van der Waals surface area contributed by atoms with Gasteiger partial charge in [-0.25, -0.2) is 4.79 Å². The second kappa shape index (κ2) is 6.21. The average Bonchev–Trinajstić information content (AvgIpc) is 2.76. The van der Waals surface area contributed by atoms with Crippen LogP contribution in [-0.2, 0) is 11.3 Å². The van der Waals surface area contributed by atoms with E-state index in [0.717, 1.165) is 13.1 Å². The molecule has 1 saturated heterocycles. The third kappa shape index (κ3) is 3.58. The van der Waals surface area contributed by atoms with Crippen molar-refractivity contribution >= 4 is 5.97 Å². The third-order valence-corrected chi connectivity index (χ3v) is 3.24. The summed E-state index contributed by atoms with van der Waals surface area (Å²) in [5.74, 6) is 0.391. The molecule has 0 bridgehead atoms. The summed E-state index contributed by atoms with van der Waals surface area (Å²) in [5, 5.41) is 3.48. The number of rotatable bonds is 4. The van der Waals surface area contributed by atoms with Crippen molar-refractivity contribution in [3.8, 4) is 0 Å². The van der Waals surface area contributed by atoms with E-state index in [-0.39, 0.29) is 5.97 Å². The summed E-state index contributed by atoms with van der Waals surface area (Å²) in [6.07, 6.45) is 1.55. The summed E-state index contributed by atoms with van der Waals surface area (Å²) in [7, 11) is 0. The van der Waals surface area contributed by atoms with E-state index in [0.29, 0.717) is 36.6 Å². The molecule has 0 saturated carbocycles. The quantitative estimate of drug-likeness (QED) is 0.840. The number of carbonyl (C=O) groups is 1. The molecule has 2 rings (SSSR count). The van der Waals surface area contributed by atoms with Gasteiger partial charge in [-0.05, 0) is 26.8 Å². The first-order valence-electron chi connectivity index (χ1n) is 6.82. The summed E-state index contributed by atoms with van der Waals surface area (Å²) >= 11 is 0. The molecule has 0 aliphatic carbocycles. The molecule has 2 unspecified atom stereocenters. The molecule has 0 amide bonds. The zero-order chi connectivity index (χ0) is 13.8. The van der Waals surface area contributed by atoms with Crippen LogP contribution in [0.4, 0.5) is 0 Å². The topological polar surface area (TPSA) is 54.7 Å². The van der Waals surface area contributed by atoms with Crippen molar-refractivity contribution in [2.24, 2.45) is 0 Å². The first-order chi connectivity index (χ1) is 9.10. The molecule has 5 nitrogen and oxygen atoms in total. The molecule has 106 valence electrons. The third-order valence-electron chi connectivity index (χ3n) is 3.24. The Labute approximate surface area is 113 Å². The van der Waals surface area contributed by atoms with Gasteiger partial charge < -0.3 is 14.5 Å². The van der Waals surface area contributed by atoms with Crippen LogP contribution in [-0.4, -0.2) is 42.6 Å². The van der Waals surface area contributed by atoms with E-state index in [9.17, 15) is 4.79 Å². The Morgan fingerprint density at radius 1 is 1.47 bits per heavy atom. The molecular weight excluding hydrogens is 244 g/mol. The summed E-state index contributed by atoms with van der Waals surface area (Å²) in [5.41, 5.74) is 0.542. The number of hydrogen-bond donors (Lipinski definition) is 1. The minimum absolute atomic E-state index is 0.303. The van der Waals surface area contributed by atoms with E-state index in [4.69, 9.17) is 9.15 Å². The monoisotopic (exact) mass is 266 g/mol. The normalized spacial score (nSPS) is 24.4. The first-order valence-corrected chi connectivity index (χ1v) is 6.82. The fourth-order valence-electron chi connectivity index (χ4n) is 2.63. The highest BCUT2D eigenvalue weighted by atomic mass is 16.5. The van der Waals surface area contributed by atoms with Gasteiger partial charge in [-0.15, -0.1) is 0 Å². The molecule has 1 aromatic heterocycles. The lowest BCUT2D eigenvalue weighted by Crippen LogP contribution is -2.53. The number of esters is 1. The fraction of sp³-hybridized carbons (Fsp3) is 0.643. The summed E-state index contributed by atoms with van der Waals surface area (Å²) in [6.45, 7) is 9.06. The number of carbonyl (C=O) groups excluding carboxylic acids is 1. The van der Waals surface area contributed by atoms with Crippen LogP contribution in [0, 0.1) is 0 Å². The SMILES string of the molecule is CCOC(=O)c1ccoc1CN1CC(C)NC(C)C1. The van der Waals surface area contributed by atoms with Crippen molar-refractivity contribution in [2.75, 3.05) is 19.7 Å². The van der Waals surface area contributed by atoms with Crippen LogP contribution in [0.1, 0.15) is 36.9 Å². The molecule has 19 heavy (non-hydrogen) atoms. The standard InChI is InChI=1S/C14H22N2O3/c1-4-18-14(17)12-5-6-19-13(12)9-16-7-10(2)15-11(3)8-16/h5-6,10-11,15H,4,7-9H2,1-3H3. The molecule has 1 aromatic rings. The summed E-state index contributed by atoms with van der Waals surface area (Å²) < 4.78 is 10.5. The Bertz CT molecular complexity index is 420. The molecule has 5 heteroatoms. The highest BCUT2D eigenvalue weighted by Gasteiger charge is 2.24. The molecule has 1 aliphatic heterocycles. The lowest BCUT2D eigenvalue weighted by Gasteiger charge is -2.35. The number of nitrogens with one attached hydrogen (secondary N) is 1. The number of piperazine rings is 1. The predicted molar refractivity (Wildman–Crippen MR) is 72.0 cm³/mol. The Hall–Kier alpha value is -1.33. The van der Waals surface area contributed by atoms with Gasteiger partial charge in [0.15, 0.2) is 0 Å². The molecule has 0 radical (unpaired) electrons. The van der Waals surface area contributed by atoms with Gasteiger partial charge in [-0.3, -0.25) is 4.90 Å². The second-order valence-electron chi connectivity index (χ2n) is 5.14. The number of hydrogen-bond acceptors (Lipinski definition) is 5. The molecule has 1 N–H and O–H groups in total. The Balaban J connectivity index is 2.03. The summed E-state index contributed by atoms with van der Waals surface area (Å²) in [6, 6.07) is 2.58. The van der Waals surface area contributed by atoms with Crippen molar-refractivity contribution in [3.63, 3.8) is 0 Å². The van der Waals surface area contributed by atoms with Crippen LogP contribution in [0.2, 0.25) is 0 Å². The van der Waals surface area contributed by atoms with Gasteiger partial charge in [0.25, 0.3) is 0 Å². The maximum Gasteiger partial charge on any atom is 0.341 e. The second-order valence-corrected chi connectivity index (χ2v) is 5.14. The molecule has 0 aromatic carbocycles. The van der Waals surface area contributed by atoms with Crippen LogP contribution in [0.5, 0.6) is 0 Å². The summed E-state index contributed by atoms with van der Waals surface area (Å²) in [4.78, 5) is 14.1. The van der Waals surface area contributed by atoms with E-state index in [1.165, 1.54) is 0 Å². The van der Waals surface area contributed by atoms with Crippen molar-refractivity contribution in [1.82, 2.24) is 10.2 Å². The lowest BCUT2D eigenvalue weighted by atomic mass is 10.1. The van der Waals surface area contributed by atoms with Gasteiger partial charge in [0, 0.05) is 25.2 Å². The van der Waals surface area contributed by atoms with Gasteiger partial charge in [0.1, 0.15) is 11.3 Å². The van der Waals surface area contributed by atoms with Crippen molar-refractivity contribution < 1.29 is 13.9 Å². The zero-order valence-corrected chi connectivity index (χ0v) is 11.8. The smallest absolute Gasteiger partial charge is 0.341 e. The van der Waals surface area contributed by atoms with E-state index in [2.05, 4.69) is 24.1 Å². The number of ether oxygens (including phenoxy) is 1. The zero-order valence-electron chi connectivity index (χ0n) is 11.8. The average molecular weight is 266 g/mol. The lowest BCUT2D eigenvalue weighted by molar-refractivity contribution is 0.0521. The van der Waals surface area contributed by atoms with Gasteiger partial charge in [0.2, 0.25) is 0 Å². The van der Waals surface area contributed by atoms with E-state index < -0.39 is 0 Å². The van der Waals surface area contributed by atoms with Gasteiger partial charge in [-0.1, -0.05) is 0 Å². The Morgan fingerprint density at radius 2 is 2.16 bits per heavy atom. The van der Waals surface area contributed by atoms with Gasteiger partial charge in [-0.2, -0.15) is 0 Å². The maximum absolute atomic E-state index is 11.8. The highest BCUT2D eigenvalue weighted by Crippen LogP contribution is 2.16.